The maximum atomic E-state index is 11.5. The lowest BCUT2D eigenvalue weighted by Crippen LogP contribution is -2.32. The van der Waals surface area contributed by atoms with Gasteiger partial charge >= 0.3 is 0 Å². The summed E-state index contributed by atoms with van der Waals surface area (Å²) < 4.78 is 0. The van der Waals surface area contributed by atoms with Gasteiger partial charge in [-0.3, -0.25) is 4.79 Å². The molecule has 0 saturated heterocycles. The molecule has 0 radical (unpaired) electrons. The zero-order valence-corrected chi connectivity index (χ0v) is 26.2. The number of rotatable bonds is 11. The van der Waals surface area contributed by atoms with E-state index >= 15 is 0 Å². The van der Waals surface area contributed by atoms with Crippen molar-refractivity contribution < 1.29 is 4.79 Å². The molecule has 3 heteroatoms. The number of aromatic nitrogens is 1. The molecule has 206 valence electrons. The average molecular weight is 532 g/mol. The lowest BCUT2D eigenvalue weighted by molar-refractivity contribution is 0.111. The minimum absolute atomic E-state index is 0.224. The van der Waals surface area contributed by atoms with Gasteiger partial charge in [0.25, 0.3) is 0 Å². The fourth-order valence-corrected chi connectivity index (χ4v) is 9.96. The van der Waals surface area contributed by atoms with Gasteiger partial charge in [-0.15, -0.1) is 0 Å². The maximum Gasteiger partial charge on any atom is 0.168 e. The Morgan fingerprint density at radius 1 is 0.684 bits per heavy atom. The summed E-state index contributed by atoms with van der Waals surface area (Å²) in [4.78, 5) is 16.1. The third kappa shape index (κ3) is 4.16. The molecule has 0 atom stereocenters. The molecule has 0 amide bonds. The summed E-state index contributed by atoms with van der Waals surface area (Å²) in [7, 11) is 1.24. The molecule has 0 bridgehead atoms. The Bertz CT molecular complexity index is 1130. The quantitative estimate of drug-likeness (QED) is 0.214. The highest BCUT2D eigenvalue weighted by Crippen LogP contribution is 2.62. The van der Waals surface area contributed by atoms with Gasteiger partial charge in [-0.2, -0.15) is 0 Å². The summed E-state index contributed by atoms with van der Waals surface area (Å²) >= 11 is 0. The van der Waals surface area contributed by atoms with Gasteiger partial charge in [-0.25, -0.2) is 4.98 Å². The second-order valence-corrected chi connectivity index (χ2v) is 13.2. The molecular weight excluding hydrogens is 481 g/mol. The van der Waals surface area contributed by atoms with Crippen molar-refractivity contribution in [2.45, 2.75) is 141 Å². The lowest BCUT2D eigenvalue weighted by Gasteiger charge is -2.35. The summed E-state index contributed by atoms with van der Waals surface area (Å²) in [5, 5.41) is 1.59. The normalized spacial score (nSPS) is 20.0. The smallest absolute Gasteiger partial charge is 0.168 e. The van der Waals surface area contributed by atoms with Crippen molar-refractivity contribution >= 4 is 25.6 Å². The van der Waals surface area contributed by atoms with Crippen molar-refractivity contribution in [3.05, 3.63) is 57.9 Å². The number of hydrogen-bond acceptors (Lipinski definition) is 2. The van der Waals surface area contributed by atoms with Crippen molar-refractivity contribution in [2.24, 2.45) is 0 Å². The second-order valence-electron chi connectivity index (χ2n) is 12.2. The molecule has 0 spiro atoms. The SMILES string of the molecule is CCC1(CC)CC(CC)(CC)c2c1cc1c(c2P=Cc2cccc(C=O)n2)C(CC)(CC)CC1(CC)CC. The number of benzene rings is 1. The minimum Gasteiger partial charge on any atom is -0.296 e. The largest absolute Gasteiger partial charge is 0.296 e. The van der Waals surface area contributed by atoms with E-state index in [2.05, 4.69) is 72.2 Å². The third-order valence-corrected chi connectivity index (χ3v) is 12.6. The highest BCUT2D eigenvalue weighted by atomic mass is 31.1. The summed E-state index contributed by atoms with van der Waals surface area (Å²) in [6, 6.07) is 8.56. The summed E-state index contributed by atoms with van der Waals surface area (Å²) in [5.74, 6) is 2.28. The topological polar surface area (TPSA) is 30.0 Å². The fraction of sp³-hybridized carbons (Fsp3) is 0.629. The zero-order valence-electron chi connectivity index (χ0n) is 25.3. The summed E-state index contributed by atoms with van der Waals surface area (Å²) in [6.45, 7) is 19.4. The van der Waals surface area contributed by atoms with Crippen LogP contribution in [0.5, 0.6) is 0 Å². The van der Waals surface area contributed by atoms with Crippen molar-refractivity contribution in [2.75, 3.05) is 0 Å². The minimum atomic E-state index is 0.224. The second kappa shape index (κ2) is 11.0. The molecule has 0 saturated carbocycles. The molecule has 2 aliphatic rings. The number of aldehydes is 1. The number of carbonyl (C=O) groups is 1. The van der Waals surface area contributed by atoms with E-state index < -0.39 is 0 Å². The van der Waals surface area contributed by atoms with Crippen LogP contribution in [0.4, 0.5) is 0 Å². The first kappa shape index (κ1) is 29.2. The molecule has 1 aromatic heterocycles. The van der Waals surface area contributed by atoms with Crippen LogP contribution in [-0.4, -0.2) is 17.1 Å². The number of nitrogens with zero attached hydrogens (tertiary/aromatic N) is 1. The van der Waals surface area contributed by atoms with Crippen LogP contribution < -0.4 is 5.30 Å². The first-order valence-electron chi connectivity index (χ1n) is 15.5. The molecule has 4 rings (SSSR count). The molecule has 38 heavy (non-hydrogen) atoms. The molecule has 0 unspecified atom stereocenters. The predicted molar refractivity (Wildman–Crippen MR) is 166 cm³/mol. The average Bonchev–Trinajstić information content (AvgIpc) is 3.44. The molecule has 0 fully saturated rings. The van der Waals surface area contributed by atoms with Gasteiger partial charge in [-0.1, -0.05) is 75.7 Å². The van der Waals surface area contributed by atoms with E-state index in [1.165, 1.54) is 72.4 Å². The maximum absolute atomic E-state index is 11.5. The van der Waals surface area contributed by atoms with E-state index in [1.807, 2.05) is 12.1 Å². The van der Waals surface area contributed by atoms with E-state index in [4.69, 9.17) is 0 Å². The molecule has 0 N–H and O–H groups in total. The van der Waals surface area contributed by atoms with Crippen LogP contribution in [0.25, 0.3) is 0 Å². The van der Waals surface area contributed by atoms with Gasteiger partial charge < -0.3 is 0 Å². The zero-order chi connectivity index (χ0) is 27.8. The molecule has 0 aliphatic heterocycles. The Morgan fingerprint density at radius 2 is 1.11 bits per heavy atom. The van der Waals surface area contributed by atoms with Gasteiger partial charge in [0.15, 0.2) is 6.29 Å². The van der Waals surface area contributed by atoms with Gasteiger partial charge in [0.05, 0.1) is 5.69 Å². The van der Waals surface area contributed by atoms with Crippen molar-refractivity contribution in [1.82, 2.24) is 4.98 Å². The molecule has 2 aliphatic carbocycles. The van der Waals surface area contributed by atoms with E-state index in [1.54, 1.807) is 33.6 Å². The van der Waals surface area contributed by atoms with Crippen LogP contribution in [0.1, 0.15) is 158 Å². The Labute approximate surface area is 234 Å². The Kier molecular flexibility index (Phi) is 8.45. The van der Waals surface area contributed by atoms with Crippen LogP contribution in [0.2, 0.25) is 0 Å². The molecule has 2 nitrogen and oxygen atoms in total. The molecule has 1 aromatic carbocycles. The molecule has 2 aromatic rings. The number of hydrogen-bond donors (Lipinski definition) is 0. The molecular formula is C35H50NOP. The number of pyridine rings is 1. The lowest BCUT2D eigenvalue weighted by atomic mass is 9.70. The first-order valence-corrected chi connectivity index (χ1v) is 16.4. The fourth-order valence-electron chi connectivity index (χ4n) is 8.58. The van der Waals surface area contributed by atoms with Crippen LogP contribution in [0, 0.1) is 0 Å². The predicted octanol–water partition coefficient (Wildman–Crippen LogP) is 9.35. The van der Waals surface area contributed by atoms with Crippen molar-refractivity contribution in [3.63, 3.8) is 0 Å². The van der Waals surface area contributed by atoms with Crippen LogP contribution in [0.3, 0.4) is 0 Å². The van der Waals surface area contributed by atoms with Gasteiger partial charge in [-0.05, 0) is 126 Å². The highest BCUT2D eigenvalue weighted by Gasteiger charge is 2.56. The standard InChI is InChI=1S/C35H50NOP/c1-9-32(10-2)23-34(13-5,14-6)29-27(32)20-28-30(35(15-7,16-8)24-33(28,11-3)12-4)31(29)38-22-26-19-17-18-25(21-37)36-26/h17-22H,9-16,23-24H2,1-8H3. The number of carbonyl (C=O) groups excluding carboxylic acids is 1. The van der Waals surface area contributed by atoms with Gasteiger partial charge in [0, 0.05) is 5.30 Å². The van der Waals surface area contributed by atoms with Gasteiger partial charge in [0.1, 0.15) is 5.69 Å². The summed E-state index contributed by atoms with van der Waals surface area (Å²) in [5.41, 5.74) is 9.09. The first-order chi connectivity index (χ1) is 18.3. The van der Waals surface area contributed by atoms with E-state index in [9.17, 15) is 4.79 Å². The number of fused-ring (bicyclic) bond motifs is 2. The Hall–Kier alpha value is -1.79. The van der Waals surface area contributed by atoms with E-state index in [-0.39, 0.29) is 21.7 Å². The van der Waals surface area contributed by atoms with Crippen LogP contribution in [-0.2, 0) is 21.7 Å². The van der Waals surface area contributed by atoms with Crippen molar-refractivity contribution in [3.8, 4) is 0 Å². The van der Waals surface area contributed by atoms with E-state index in [0.29, 0.717) is 5.69 Å². The Morgan fingerprint density at radius 3 is 1.50 bits per heavy atom. The van der Waals surface area contributed by atoms with Crippen LogP contribution >= 0.6 is 8.20 Å². The van der Waals surface area contributed by atoms with Crippen LogP contribution in [0.15, 0.2) is 24.3 Å². The van der Waals surface area contributed by atoms with Gasteiger partial charge in [0.2, 0.25) is 0 Å². The molecule has 1 heterocycles. The third-order valence-electron chi connectivity index (χ3n) is 11.5. The highest BCUT2D eigenvalue weighted by molar-refractivity contribution is 7.48. The van der Waals surface area contributed by atoms with E-state index in [0.717, 1.165) is 12.0 Å². The monoisotopic (exact) mass is 531 g/mol. The van der Waals surface area contributed by atoms with Crippen molar-refractivity contribution in [1.29, 1.82) is 0 Å². The summed E-state index contributed by atoms with van der Waals surface area (Å²) in [6.07, 6.45) is 13.0. The Balaban J connectivity index is 2.17.